The molecule has 20 heavy (non-hydrogen) atoms. The largest absolute Gasteiger partial charge is 0.327 e. The summed E-state index contributed by atoms with van der Waals surface area (Å²) in [6.07, 6.45) is 3.43. The third-order valence-corrected chi connectivity index (χ3v) is 4.79. The molecule has 0 amide bonds. The Morgan fingerprint density at radius 1 is 1.05 bits per heavy atom. The standard InChI is InChI=1S/C19H23N/c1-14-8-9-15(2)16(12-14)13-18(20)19(10-11-19)17-6-4-3-5-7-17/h3-9,12,18H,10-11,13,20H2,1-2H3. The van der Waals surface area contributed by atoms with Gasteiger partial charge in [0.2, 0.25) is 0 Å². The Balaban J connectivity index is 1.83. The zero-order valence-corrected chi connectivity index (χ0v) is 12.4. The summed E-state index contributed by atoms with van der Waals surface area (Å²) < 4.78 is 0. The van der Waals surface area contributed by atoms with Gasteiger partial charge in [-0.25, -0.2) is 0 Å². The number of hydrogen-bond acceptors (Lipinski definition) is 1. The van der Waals surface area contributed by atoms with Gasteiger partial charge in [0.1, 0.15) is 0 Å². The van der Waals surface area contributed by atoms with Gasteiger partial charge in [0.15, 0.2) is 0 Å². The summed E-state index contributed by atoms with van der Waals surface area (Å²) in [6.45, 7) is 4.34. The molecule has 1 nitrogen and oxygen atoms in total. The Morgan fingerprint density at radius 3 is 2.40 bits per heavy atom. The highest BCUT2D eigenvalue weighted by molar-refractivity contribution is 5.37. The third kappa shape index (κ3) is 2.38. The minimum atomic E-state index is 0.213. The Hall–Kier alpha value is -1.60. The second-order valence-corrected chi connectivity index (χ2v) is 6.26. The molecule has 1 saturated carbocycles. The van der Waals surface area contributed by atoms with Crippen molar-refractivity contribution in [2.45, 2.75) is 44.6 Å². The van der Waals surface area contributed by atoms with Crippen LogP contribution in [0.3, 0.4) is 0 Å². The van der Waals surface area contributed by atoms with Crippen molar-refractivity contribution >= 4 is 0 Å². The maximum Gasteiger partial charge on any atom is 0.0177 e. The smallest absolute Gasteiger partial charge is 0.0177 e. The van der Waals surface area contributed by atoms with Gasteiger partial charge in [0, 0.05) is 11.5 Å². The van der Waals surface area contributed by atoms with Gasteiger partial charge in [-0.05, 0) is 49.8 Å². The molecule has 0 heterocycles. The lowest BCUT2D eigenvalue weighted by atomic mass is 9.84. The van der Waals surface area contributed by atoms with Gasteiger partial charge in [-0.1, -0.05) is 54.1 Å². The van der Waals surface area contributed by atoms with Crippen LogP contribution in [0.1, 0.15) is 35.1 Å². The molecule has 0 spiro atoms. The first-order chi connectivity index (χ1) is 9.62. The van der Waals surface area contributed by atoms with E-state index in [4.69, 9.17) is 5.73 Å². The second kappa shape index (κ2) is 5.06. The van der Waals surface area contributed by atoms with Crippen LogP contribution in [0, 0.1) is 13.8 Å². The third-order valence-electron chi connectivity index (χ3n) is 4.79. The second-order valence-electron chi connectivity index (χ2n) is 6.26. The molecule has 1 atom stereocenters. The van der Waals surface area contributed by atoms with E-state index in [0.29, 0.717) is 0 Å². The number of nitrogens with two attached hydrogens (primary N) is 1. The fourth-order valence-corrected chi connectivity index (χ4v) is 3.23. The summed E-state index contributed by atoms with van der Waals surface area (Å²) in [6, 6.07) is 17.7. The lowest BCUT2D eigenvalue weighted by Gasteiger charge is -2.25. The minimum Gasteiger partial charge on any atom is -0.327 e. The molecule has 0 saturated heterocycles. The summed E-state index contributed by atoms with van der Waals surface area (Å²) >= 11 is 0. The topological polar surface area (TPSA) is 26.0 Å². The van der Waals surface area contributed by atoms with Crippen LogP contribution in [0.5, 0.6) is 0 Å². The fourth-order valence-electron chi connectivity index (χ4n) is 3.23. The van der Waals surface area contributed by atoms with Gasteiger partial charge in [-0.3, -0.25) is 0 Å². The molecular formula is C19H23N. The average molecular weight is 265 g/mol. The van der Waals surface area contributed by atoms with Crippen LogP contribution in [-0.4, -0.2) is 6.04 Å². The van der Waals surface area contributed by atoms with Crippen molar-refractivity contribution in [1.29, 1.82) is 0 Å². The van der Waals surface area contributed by atoms with Crippen LogP contribution < -0.4 is 5.73 Å². The molecule has 0 radical (unpaired) electrons. The summed E-state index contributed by atoms with van der Waals surface area (Å²) in [7, 11) is 0. The Labute approximate surface area is 121 Å². The summed E-state index contributed by atoms with van der Waals surface area (Å²) in [5.74, 6) is 0. The van der Waals surface area contributed by atoms with Crippen LogP contribution in [0.25, 0.3) is 0 Å². The highest BCUT2D eigenvalue weighted by Crippen LogP contribution is 2.51. The molecule has 1 heteroatoms. The van der Waals surface area contributed by atoms with E-state index in [1.807, 2.05) is 0 Å². The lowest BCUT2D eigenvalue weighted by molar-refractivity contribution is 0.513. The molecule has 1 aliphatic carbocycles. The van der Waals surface area contributed by atoms with E-state index in [2.05, 4.69) is 62.4 Å². The molecule has 2 aromatic rings. The molecule has 1 fully saturated rings. The zero-order valence-electron chi connectivity index (χ0n) is 12.4. The summed E-state index contributed by atoms with van der Waals surface area (Å²) in [4.78, 5) is 0. The van der Waals surface area contributed by atoms with Crippen molar-refractivity contribution < 1.29 is 0 Å². The van der Waals surface area contributed by atoms with E-state index in [9.17, 15) is 0 Å². The maximum absolute atomic E-state index is 6.60. The van der Waals surface area contributed by atoms with Gasteiger partial charge < -0.3 is 5.73 Å². The number of aryl methyl sites for hydroxylation is 2. The summed E-state index contributed by atoms with van der Waals surface area (Å²) in [5.41, 5.74) is 12.3. The molecular weight excluding hydrogens is 242 g/mol. The van der Waals surface area contributed by atoms with Crippen molar-refractivity contribution in [2.24, 2.45) is 5.73 Å². The van der Waals surface area contributed by atoms with Gasteiger partial charge in [0.25, 0.3) is 0 Å². The van der Waals surface area contributed by atoms with Crippen LogP contribution >= 0.6 is 0 Å². The molecule has 0 aromatic heterocycles. The van der Waals surface area contributed by atoms with Crippen molar-refractivity contribution in [3.05, 3.63) is 70.8 Å². The highest BCUT2D eigenvalue weighted by Gasteiger charge is 2.48. The zero-order chi connectivity index (χ0) is 14.2. The normalized spacial score (nSPS) is 17.8. The number of hydrogen-bond donors (Lipinski definition) is 1. The monoisotopic (exact) mass is 265 g/mol. The molecule has 2 aromatic carbocycles. The summed E-state index contributed by atoms with van der Waals surface area (Å²) in [5, 5.41) is 0. The Bertz CT molecular complexity index is 596. The first kappa shape index (κ1) is 13.4. The predicted octanol–water partition coefficient (Wildman–Crippen LogP) is 3.91. The SMILES string of the molecule is Cc1ccc(C)c(CC(N)C2(c3ccccc3)CC2)c1. The molecule has 0 bridgehead atoms. The first-order valence-corrected chi connectivity index (χ1v) is 7.49. The van der Waals surface area contributed by atoms with E-state index in [-0.39, 0.29) is 11.5 Å². The fraction of sp³-hybridized carbons (Fsp3) is 0.368. The van der Waals surface area contributed by atoms with Gasteiger partial charge in [0.05, 0.1) is 0 Å². The van der Waals surface area contributed by atoms with E-state index < -0.39 is 0 Å². The quantitative estimate of drug-likeness (QED) is 0.891. The van der Waals surface area contributed by atoms with Crippen molar-refractivity contribution in [3.8, 4) is 0 Å². The van der Waals surface area contributed by atoms with Crippen molar-refractivity contribution in [2.75, 3.05) is 0 Å². The first-order valence-electron chi connectivity index (χ1n) is 7.49. The van der Waals surface area contributed by atoms with Crippen molar-refractivity contribution in [1.82, 2.24) is 0 Å². The van der Waals surface area contributed by atoms with E-state index >= 15 is 0 Å². The number of rotatable bonds is 4. The molecule has 0 aliphatic heterocycles. The van der Waals surface area contributed by atoms with Crippen LogP contribution in [-0.2, 0) is 11.8 Å². The molecule has 1 unspecified atom stereocenters. The van der Waals surface area contributed by atoms with Crippen LogP contribution in [0.15, 0.2) is 48.5 Å². The van der Waals surface area contributed by atoms with E-state index in [1.54, 1.807) is 0 Å². The number of benzene rings is 2. The van der Waals surface area contributed by atoms with E-state index in [1.165, 1.54) is 35.1 Å². The molecule has 104 valence electrons. The van der Waals surface area contributed by atoms with Gasteiger partial charge in [-0.2, -0.15) is 0 Å². The molecule has 1 aliphatic rings. The lowest BCUT2D eigenvalue weighted by Crippen LogP contribution is -2.37. The van der Waals surface area contributed by atoms with E-state index in [0.717, 1.165) is 6.42 Å². The highest BCUT2D eigenvalue weighted by atomic mass is 14.7. The minimum absolute atomic E-state index is 0.213. The van der Waals surface area contributed by atoms with Crippen molar-refractivity contribution in [3.63, 3.8) is 0 Å². The van der Waals surface area contributed by atoms with Gasteiger partial charge in [-0.15, -0.1) is 0 Å². The molecule has 2 N–H and O–H groups in total. The van der Waals surface area contributed by atoms with Crippen LogP contribution in [0.4, 0.5) is 0 Å². The Kier molecular flexibility index (Phi) is 3.39. The molecule has 3 rings (SSSR count). The van der Waals surface area contributed by atoms with Gasteiger partial charge >= 0.3 is 0 Å². The Morgan fingerprint density at radius 2 is 1.75 bits per heavy atom. The predicted molar refractivity (Wildman–Crippen MR) is 84.9 cm³/mol. The average Bonchev–Trinajstić information content (AvgIpc) is 3.25. The maximum atomic E-state index is 6.60. The van der Waals surface area contributed by atoms with Crippen LogP contribution in [0.2, 0.25) is 0 Å².